The number of hydrogen-bond acceptors (Lipinski definition) is 3. The number of nitrogens with zero attached hydrogens (tertiary/aromatic N) is 3. The second-order valence-corrected chi connectivity index (χ2v) is 3.89. The van der Waals surface area contributed by atoms with Crippen molar-refractivity contribution in [3.8, 4) is 6.07 Å². The summed E-state index contributed by atoms with van der Waals surface area (Å²) in [6, 6.07) is 2.22. The van der Waals surface area contributed by atoms with Gasteiger partial charge in [-0.2, -0.15) is 10.4 Å². The number of aryl methyl sites for hydroxylation is 1. The van der Waals surface area contributed by atoms with Crippen LogP contribution in [0, 0.1) is 23.7 Å². The van der Waals surface area contributed by atoms with Crippen LogP contribution < -0.4 is 5.73 Å². The van der Waals surface area contributed by atoms with Crippen LogP contribution in [0.1, 0.15) is 19.4 Å². The molecule has 0 saturated heterocycles. The molecule has 0 saturated carbocycles. The van der Waals surface area contributed by atoms with Gasteiger partial charge in [-0.25, -0.2) is 0 Å². The van der Waals surface area contributed by atoms with Crippen molar-refractivity contribution in [3.05, 3.63) is 11.8 Å². The number of nitriles is 1. The summed E-state index contributed by atoms with van der Waals surface area (Å²) >= 11 is 0. The van der Waals surface area contributed by atoms with Crippen molar-refractivity contribution in [3.63, 3.8) is 0 Å². The molecule has 0 amide bonds. The highest BCUT2D eigenvalue weighted by molar-refractivity contribution is 5.35. The van der Waals surface area contributed by atoms with E-state index in [-0.39, 0.29) is 0 Å². The molecule has 0 aliphatic carbocycles. The van der Waals surface area contributed by atoms with E-state index in [0.717, 1.165) is 5.56 Å². The first-order valence-electron chi connectivity index (χ1n) is 4.15. The molecule has 1 heterocycles. The molecule has 4 nitrogen and oxygen atoms in total. The number of hydrogen-bond donors (Lipinski definition) is 1. The van der Waals surface area contributed by atoms with Gasteiger partial charge in [0, 0.05) is 11.8 Å². The minimum atomic E-state index is -0.398. The Morgan fingerprint density at radius 2 is 2.31 bits per heavy atom. The molecule has 0 bridgehead atoms. The Bertz CT molecular complexity index is 323. The van der Waals surface area contributed by atoms with Gasteiger partial charge in [0.25, 0.3) is 0 Å². The average Bonchev–Trinajstić information content (AvgIpc) is 2.30. The van der Waals surface area contributed by atoms with Gasteiger partial charge >= 0.3 is 0 Å². The second kappa shape index (κ2) is 3.09. The van der Waals surface area contributed by atoms with Crippen molar-refractivity contribution in [1.29, 1.82) is 5.26 Å². The van der Waals surface area contributed by atoms with Crippen molar-refractivity contribution in [2.75, 3.05) is 5.73 Å². The Morgan fingerprint density at radius 1 is 1.69 bits per heavy atom. The van der Waals surface area contributed by atoms with E-state index in [9.17, 15) is 0 Å². The molecule has 0 atom stereocenters. The molecule has 0 aliphatic heterocycles. The number of rotatable bonds is 2. The molecule has 4 heteroatoms. The lowest BCUT2D eigenvalue weighted by molar-refractivity contribution is 0.385. The van der Waals surface area contributed by atoms with E-state index >= 15 is 0 Å². The molecule has 70 valence electrons. The Kier molecular flexibility index (Phi) is 2.28. The summed E-state index contributed by atoms with van der Waals surface area (Å²) < 4.78 is 1.72. The molecule has 0 unspecified atom stereocenters. The van der Waals surface area contributed by atoms with Crippen LogP contribution in [0.2, 0.25) is 0 Å². The third-order valence-electron chi connectivity index (χ3n) is 1.84. The van der Waals surface area contributed by atoms with Gasteiger partial charge in [-0.3, -0.25) is 4.68 Å². The SMILES string of the molecule is Cc1cn(CC(C)(C)C#N)nc1N. The van der Waals surface area contributed by atoms with E-state index in [0.29, 0.717) is 12.4 Å². The molecule has 1 aromatic heterocycles. The lowest BCUT2D eigenvalue weighted by atomic mass is 9.96. The average molecular weight is 178 g/mol. The van der Waals surface area contributed by atoms with Gasteiger partial charge in [0.15, 0.2) is 0 Å². The maximum atomic E-state index is 8.81. The first-order valence-corrected chi connectivity index (χ1v) is 4.15. The minimum absolute atomic E-state index is 0.398. The third kappa shape index (κ3) is 2.22. The van der Waals surface area contributed by atoms with Crippen LogP contribution in [0.4, 0.5) is 5.82 Å². The van der Waals surface area contributed by atoms with Crippen molar-refractivity contribution in [2.24, 2.45) is 5.41 Å². The molecular formula is C9H14N4. The Morgan fingerprint density at radius 3 is 2.69 bits per heavy atom. The highest BCUT2D eigenvalue weighted by Gasteiger charge is 2.18. The highest BCUT2D eigenvalue weighted by atomic mass is 15.3. The molecule has 2 N–H and O–H groups in total. The van der Waals surface area contributed by atoms with Crippen LogP contribution in [0.5, 0.6) is 0 Å². The van der Waals surface area contributed by atoms with E-state index < -0.39 is 5.41 Å². The predicted molar refractivity (Wildman–Crippen MR) is 50.8 cm³/mol. The fraction of sp³-hybridized carbons (Fsp3) is 0.556. The van der Waals surface area contributed by atoms with Crippen LogP contribution in [-0.2, 0) is 6.54 Å². The van der Waals surface area contributed by atoms with Gasteiger partial charge in [0.05, 0.1) is 18.0 Å². The van der Waals surface area contributed by atoms with E-state index in [2.05, 4.69) is 11.2 Å². The molecule has 0 aromatic carbocycles. The van der Waals surface area contributed by atoms with E-state index in [1.165, 1.54) is 0 Å². The lowest BCUT2D eigenvalue weighted by Gasteiger charge is -2.14. The first kappa shape index (κ1) is 9.59. The van der Waals surface area contributed by atoms with Gasteiger partial charge in [-0.1, -0.05) is 0 Å². The number of anilines is 1. The zero-order valence-electron chi connectivity index (χ0n) is 8.20. The van der Waals surface area contributed by atoms with Gasteiger partial charge in [-0.15, -0.1) is 0 Å². The molecule has 0 radical (unpaired) electrons. The number of aromatic nitrogens is 2. The largest absolute Gasteiger partial charge is 0.382 e. The summed E-state index contributed by atoms with van der Waals surface area (Å²) in [4.78, 5) is 0. The van der Waals surface area contributed by atoms with Gasteiger partial charge in [0.2, 0.25) is 0 Å². The van der Waals surface area contributed by atoms with Gasteiger partial charge < -0.3 is 5.73 Å². The van der Waals surface area contributed by atoms with E-state index in [1.54, 1.807) is 4.68 Å². The normalized spacial score (nSPS) is 11.2. The standard InChI is InChI=1S/C9H14N4/c1-7-4-13(12-8(7)11)6-9(2,3)5-10/h4H,6H2,1-3H3,(H2,11,12). The summed E-state index contributed by atoms with van der Waals surface area (Å²) in [5, 5.41) is 12.9. The molecule has 13 heavy (non-hydrogen) atoms. The quantitative estimate of drug-likeness (QED) is 0.742. The van der Waals surface area contributed by atoms with Gasteiger partial charge in [-0.05, 0) is 20.8 Å². The predicted octanol–water partition coefficient (Wildman–Crippen LogP) is 1.32. The van der Waals surface area contributed by atoms with Crippen LogP contribution in [-0.4, -0.2) is 9.78 Å². The molecular weight excluding hydrogens is 164 g/mol. The minimum Gasteiger partial charge on any atom is -0.382 e. The molecule has 0 aliphatic rings. The molecule has 0 fully saturated rings. The third-order valence-corrected chi connectivity index (χ3v) is 1.84. The topological polar surface area (TPSA) is 67.6 Å². The zero-order valence-corrected chi connectivity index (χ0v) is 8.20. The van der Waals surface area contributed by atoms with Gasteiger partial charge in [0.1, 0.15) is 5.82 Å². The van der Waals surface area contributed by atoms with Crippen molar-refractivity contribution in [1.82, 2.24) is 9.78 Å². The monoisotopic (exact) mass is 178 g/mol. The fourth-order valence-electron chi connectivity index (χ4n) is 1.06. The summed E-state index contributed by atoms with van der Waals surface area (Å²) in [5.74, 6) is 0.536. The number of nitrogen functional groups attached to an aromatic ring is 1. The Labute approximate surface area is 78.0 Å². The molecule has 1 rings (SSSR count). The highest BCUT2D eigenvalue weighted by Crippen LogP contribution is 2.17. The van der Waals surface area contributed by atoms with Crippen molar-refractivity contribution in [2.45, 2.75) is 27.3 Å². The summed E-state index contributed by atoms with van der Waals surface area (Å²) in [7, 11) is 0. The summed E-state index contributed by atoms with van der Waals surface area (Å²) in [6.45, 7) is 6.22. The van der Waals surface area contributed by atoms with Crippen molar-refractivity contribution >= 4 is 5.82 Å². The van der Waals surface area contributed by atoms with Crippen molar-refractivity contribution < 1.29 is 0 Å². The van der Waals surface area contributed by atoms with E-state index in [4.69, 9.17) is 11.0 Å². The zero-order chi connectivity index (χ0) is 10.1. The summed E-state index contributed by atoms with van der Waals surface area (Å²) in [5.41, 5.74) is 6.14. The van der Waals surface area contributed by atoms with E-state index in [1.807, 2.05) is 27.0 Å². The van der Waals surface area contributed by atoms with Crippen LogP contribution in [0.3, 0.4) is 0 Å². The summed E-state index contributed by atoms with van der Waals surface area (Å²) in [6.07, 6.45) is 1.86. The fourth-order valence-corrected chi connectivity index (χ4v) is 1.06. The Balaban J connectivity index is 2.82. The maximum absolute atomic E-state index is 8.81. The van der Waals surface area contributed by atoms with Crippen LogP contribution in [0.25, 0.3) is 0 Å². The number of nitrogens with two attached hydrogens (primary N) is 1. The lowest BCUT2D eigenvalue weighted by Crippen LogP contribution is -2.17. The Hall–Kier alpha value is -1.50. The molecule has 0 spiro atoms. The van der Waals surface area contributed by atoms with Crippen LogP contribution >= 0.6 is 0 Å². The molecule has 1 aromatic rings. The smallest absolute Gasteiger partial charge is 0.148 e. The maximum Gasteiger partial charge on any atom is 0.148 e. The second-order valence-electron chi connectivity index (χ2n) is 3.89. The van der Waals surface area contributed by atoms with Crippen LogP contribution in [0.15, 0.2) is 6.20 Å². The first-order chi connectivity index (χ1) is 5.94.